The topological polar surface area (TPSA) is 43.8 Å². The summed E-state index contributed by atoms with van der Waals surface area (Å²) in [5, 5.41) is 0. The predicted octanol–water partition coefficient (Wildman–Crippen LogP) is 1.99. The van der Waals surface area contributed by atoms with Crippen LogP contribution in [0, 0.1) is 5.92 Å². The molecule has 0 saturated heterocycles. The molecular formula is C11H21N3. The van der Waals surface area contributed by atoms with Gasteiger partial charge in [-0.15, -0.1) is 0 Å². The summed E-state index contributed by atoms with van der Waals surface area (Å²) in [5.41, 5.74) is 7.27. The molecule has 1 aromatic rings. The van der Waals surface area contributed by atoms with Crippen molar-refractivity contribution >= 4 is 0 Å². The molecule has 1 rings (SSSR count). The first-order valence-electron chi connectivity index (χ1n) is 5.28. The Bertz CT molecular complexity index is 276. The quantitative estimate of drug-likeness (QED) is 0.798. The molecule has 1 aromatic heterocycles. The first-order chi connectivity index (χ1) is 6.52. The van der Waals surface area contributed by atoms with Gasteiger partial charge in [-0.25, -0.2) is 4.98 Å². The third kappa shape index (κ3) is 2.58. The number of hydrogen-bond acceptors (Lipinski definition) is 2. The van der Waals surface area contributed by atoms with Gasteiger partial charge in [-0.2, -0.15) is 0 Å². The first-order valence-corrected chi connectivity index (χ1v) is 5.28. The highest BCUT2D eigenvalue weighted by atomic mass is 15.1. The zero-order valence-electron chi connectivity index (χ0n) is 9.57. The number of nitrogens with two attached hydrogens (primary N) is 1. The van der Waals surface area contributed by atoms with Gasteiger partial charge in [-0.1, -0.05) is 13.8 Å². The molecule has 0 saturated carbocycles. The van der Waals surface area contributed by atoms with Gasteiger partial charge < -0.3 is 10.3 Å². The second kappa shape index (κ2) is 4.60. The highest BCUT2D eigenvalue weighted by Crippen LogP contribution is 2.12. The van der Waals surface area contributed by atoms with Crippen LogP contribution in [0.5, 0.6) is 0 Å². The van der Waals surface area contributed by atoms with Crippen LogP contribution in [-0.4, -0.2) is 15.6 Å². The van der Waals surface area contributed by atoms with Crippen molar-refractivity contribution < 1.29 is 0 Å². The van der Waals surface area contributed by atoms with Gasteiger partial charge in [-0.05, 0) is 19.8 Å². The monoisotopic (exact) mass is 195 g/mol. The Morgan fingerprint density at radius 2 is 2.00 bits per heavy atom. The van der Waals surface area contributed by atoms with Crippen LogP contribution in [0.25, 0.3) is 0 Å². The molecule has 14 heavy (non-hydrogen) atoms. The largest absolute Gasteiger partial charge is 0.332 e. The molecule has 0 fully saturated rings. The molecule has 0 radical (unpaired) electrons. The van der Waals surface area contributed by atoms with Crippen LogP contribution in [0.3, 0.4) is 0 Å². The number of imidazole rings is 1. The van der Waals surface area contributed by atoms with Gasteiger partial charge in [0.05, 0.1) is 6.33 Å². The number of rotatable bonds is 4. The molecule has 0 aliphatic carbocycles. The Morgan fingerprint density at radius 3 is 2.50 bits per heavy atom. The molecule has 0 bridgehead atoms. The molecule has 0 aromatic carbocycles. The van der Waals surface area contributed by atoms with E-state index in [1.807, 2.05) is 12.5 Å². The minimum absolute atomic E-state index is 0.226. The average molecular weight is 195 g/mol. The molecule has 0 aliphatic rings. The second-order valence-corrected chi connectivity index (χ2v) is 4.50. The lowest BCUT2D eigenvalue weighted by atomic mass is 10.0. The molecule has 1 unspecified atom stereocenters. The van der Waals surface area contributed by atoms with Crippen LogP contribution >= 0.6 is 0 Å². The fourth-order valence-electron chi connectivity index (χ4n) is 1.43. The molecule has 1 atom stereocenters. The van der Waals surface area contributed by atoms with Gasteiger partial charge in [-0.3, -0.25) is 0 Å². The number of nitrogens with zero attached hydrogens (tertiary/aromatic N) is 2. The third-order valence-corrected chi connectivity index (χ3v) is 2.60. The van der Waals surface area contributed by atoms with Crippen molar-refractivity contribution in [3.05, 3.63) is 18.2 Å². The smallest absolute Gasteiger partial charge is 0.0950 e. The Hall–Kier alpha value is -0.830. The highest BCUT2D eigenvalue weighted by molar-refractivity contribution is 5.02. The van der Waals surface area contributed by atoms with Crippen molar-refractivity contribution in [1.29, 1.82) is 0 Å². The summed E-state index contributed by atoms with van der Waals surface area (Å²) in [6.07, 6.45) is 4.71. The lowest BCUT2D eigenvalue weighted by Gasteiger charge is -2.18. The van der Waals surface area contributed by atoms with Gasteiger partial charge in [0.1, 0.15) is 0 Å². The van der Waals surface area contributed by atoms with Crippen LogP contribution in [0.1, 0.15) is 39.4 Å². The molecule has 0 amide bonds. The maximum atomic E-state index is 6.04. The van der Waals surface area contributed by atoms with Crippen molar-refractivity contribution in [2.75, 3.05) is 0 Å². The van der Waals surface area contributed by atoms with E-state index in [0.29, 0.717) is 12.0 Å². The fraction of sp³-hybridized carbons (Fsp3) is 0.727. The normalized spacial score (nSPS) is 13.9. The van der Waals surface area contributed by atoms with E-state index < -0.39 is 0 Å². The van der Waals surface area contributed by atoms with E-state index in [2.05, 4.69) is 37.2 Å². The minimum atomic E-state index is 0.226. The Balaban J connectivity index is 2.71. The Labute approximate surface area is 86.3 Å². The zero-order chi connectivity index (χ0) is 10.7. The molecule has 0 aliphatic heterocycles. The van der Waals surface area contributed by atoms with E-state index in [-0.39, 0.29) is 6.04 Å². The van der Waals surface area contributed by atoms with Crippen molar-refractivity contribution in [3.8, 4) is 0 Å². The van der Waals surface area contributed by atoms with Crippen LogP contribution in [0.15, 0.2) is 12.5 Å². The van der Waals surface area contributed by atoms with Crippen LogP contribution in [-0.2, 0) is 6.42 Å². The van der Waals surface area contributed by atoms with E-state index in [4.69, 9.17) is 5.73 Å². The molecular weight excluding hydrogens is 174 g/mol. The van der Waals surface area contributed by atoms with Crippen molar-refractivity contribution in [3.63, 3.8) is 0 Å². The summed E-state index contributed by atoms with van der Waals surface area (Å²) >= 11 is 0. The molecule has 1 heterocycles. The van der Waals surface area contributed by atoms with Gasteiger partial charge in [0.2, 0.25) is 0 Å². The van der Waals surface area contributed by atoms with Gasteiger partial charge in [0.25, 0.3) is 0 Å². The summed E-state index contributed by atoms with van der Waals surface area (Å²) in [6.45, 7) is 8.62. The van der Waals surface area contributed by atoms with Gasteiger partial charge in [0, 0.05) is 30.4 Å². The van der Waals surface area contributed by atoms with E-state index in [9.17, 15) is 0 Å². The maximum Gasteiger partial charge on any atom is 0.0950 e. The van der Waals surface area contributed by atoms with E-state index in [1.165, 1.54) is 5.69 Å². The van der Waals surface area contributed by atoms with E-state index in [0.717, 1.165) is 6.42 Å². The standard InChI is InChI=1S/C11H21N3/c1-8(2)11(12)5-10-6-13-7-14(10)9(3)4/h6-9,11H,5,12H2,1-4H3. The fourth-order valence-corrected chi connectivity index (χ4v) is 1.43. The third-order valence-electron chi connectivity index (χ3n) is 2.60. The molecule has 0 spiro atoms. The van der Waals surface area contributed by atoms with Crippen LogP contribution in [0.2, 0.25) is 0 Å². The summed E-state index contributed by atoms with van der Waals surface area (Å²) in [4.78, 5) is 4.16. The van der Waals surface area contributed by atoms with Crippen molar-refractivity contribution in [2.24, 2.45) is 11.7 Å². The molecule has 2 N–H and O–H groups in total. The first kappa shape index (κ1) is 11.2. The molecule has 3 heteroatoms. The maximum absolute atomic E-state index is 6.04. The van der Waals surface area contributed by atoms with Crippen molar-refractivity contribution in [2.45, 2.75) is 46.2 Å². The summed E-state index contributed by atoms with van der Waals surface area (Å²) in [6, 6.07) is 0.691. The summed E-state index contributed by atoms with van der Waals surface area (Å²) < 4.78 is 2.18. The predicted molar refractivity (Wildman–Crippen MR) is 59.1 cm³/mol. The van der Waals surface area contributed by atoms with Gasteiger partial charge >= 0.3 is 0 Å². The number of hydrogen-bond donors (Lipinski definition) is 1. The van der Waals surface area contributed by atoms with Crippen LogP contribution < -0.4 is 5.73 Å². The van der Waals surface area contributed by atoms with E-state index in [1.54, 1.807) is 0 Å². The Morgan fingerprint density at radius 1 is 1.36 bits per heavy atom. The zero-order valence-corrected chi connectivity index (χ0v) is 9.57. The lowest BCUT2D eigenvalue weighted by molar-refractivity contribution is 0.468. The molecule has 3 nitrogen and oxygen atoms in total. The SMILES string of the molecule is CC(C)C(N)Cc1cncn1C(C)C. The summed E-state index contributed by atoms with van der Waals surface area (Å²) in [7, 11) is 0. The van der Waals surface area contributed by atoms with Crippen LogP contribution in [0.4, 0.5) is 0 Å². The minimum Gasteiger partial charge on any atom is -0.332 e. The average Bonchev–Trinajstić information content (AvgIpc) is 2.52. The van der Waals surface area contributed by atoms with E-state index >= 15 is 0 Å². The lowest BCUT2D eigenvalue weighted by Crippen LogP contribution is -2.29. The number of aromatic nitrogens is 2. The highest BCUT2D eigenvalue weighted by Gasteiger charge is 2.12. The van der Waals surface area contributed by atoms with Crippen molar-refractivity contribution in [1.82, 2.24) is 9.55 Å². The summed E-state index contributed by atoms with van der Waals surface area (Å²) in [5.74, 6) is 0.519. The second-order valence-electron chi connectivity index (χ2n) is 4.50. The molecule has 80 valence electrons. The Kier molecular flexibility index (Phi) is 3.69. The van der Waals surface area contributed by atoms with Gasteiger partial charge in [0.15, 0.2) is 0 Å².